The molecule has 10 heteroatoms. The number of nitrogens with zero attached hydrogens (tertiary/aromatic N) is 1. The monoisotopic (exact) mass is 444 g/mol. The van der Waals surface area contributed by atoms with Crippen molar-refractivity contribution < 1.29 is 19.1 Å². The van der Waals surface area contributed by atoms with Gasteiger partial charge in [-0.05, 0) is 36.4 Å². The lowest BCUT2D eigenvalue weighted by Gasteiger charge is -2.18. The fourth-order valence-electron chi connectivity index (χ4n) is 2.73. The van der Waals surface area contributed by atoms with Crippen LogP contribution in [-0.2, 0) is 11.2 Å². The number of carbonyl (C=O) groups excluding carboxylic acids is 2. The highest BCUT2D eigenvalue weighted by Crippen LogP contribution is 2.32. The molecule has 0 aliphatic carbocycles. The second-order valence-corrected chi connectivity index (χ2v) is 7.61. The van der Waals surface area contributed by atoms with Crippen LogP contribution in [0.4, 0.5) is 21.3 Å². The molecule has 0 spiro atoms. The minimum atomic E-state index is -0.432. The fourth-order valence-corrected chi connectivity index (χ4v) is 3.56. The molecule has 0 saturated heterocycles. The second kappa shape index (κ2) is 9.02. The Bertz CT molecular complexity index is 1070. The Hall–Kier alpha value is -3.30. The summed E-state index contributed by atoms with van der Waals surface area (Å²) in [4.78, 5) is 28.7. The topological polar surface area (TPSA) is 102 Å². The summed E-state index contributed by atoms with van der Waals surface area (Å²) >= 11 is 7.06. The average molecular weight is 445 g/mol. The molecule has 2 heterocycles. The van der Waals surface area contributed by atoms with Crippen LogP contribution in [0.2, 0.25) is 5.02 Å². The first-order valence-electron chi connectivity index (χ1n) is 9.03. The molecule has 0 saturated carbocycles. The van der Waals surface area contributed by atoms with Crippen molar-refractivity contribution in [3.63, 3.8) is 0 Å². The Labute approximate surface area is 181 Å². The zero-order valence-electron chi connectivity index (χ0n) is 15.6. The van der Waals surface area contributed by atoms with Gasteiger partial charge in [0.25, 0.3) is 0 Å². The normalized spacial score (nSPS) is 12.2. The van der Waals surface area contributed by atoms with Gasteiger partial charge >= 0.3 is 6.03 Å². The zero-order valence-corrected chi connectivity index (χ0v) is 17.2. The predicted molar refractivity (Wildman–Crippen MR) is 116 cm³/mol. The van der Waals surface area contributed by atoms with E-state index in [4.69, 9.17) is 21.1 Å². The first-order chi connectivity index (χ1) is 14.5. The van der Waals surface area contributed by atoms with E-state index in [1.54, 1.807) is 47.8 Å². The van der Waals surface area contributed by atoms with E-state index in [0.29, 0.717) is 51.9 Å². The predicted octanol–water partition coefficient (Wildman–Crippen LogP) is 4.39. The van der Waals surface area contributed by atoms with Gasteiger partial charge in [-0.15, -0.1) is 11.3 Å². The molecular formula is C20H17ClN4O4S. The minimum Gasteiger partial charge on any atom is -0.486 e. The molecule has 0 unspecified atom stereocenters. The number of carbonyl (C=O) groups is 2. The van der Waals surface area contributed by atoms with Gasteiger partial charge in [-0.3, -0.25) is 10.1 Å². The molecule has 0 bridgehead atoms. The molecule has 0 atom stereocenters. The van der Waals surface area contributed by atoms with E-state index in [1.807, 2.05) is 0 Å². The minimum absolute atomic E-state index is 0.0748. The molecule has 3 aromatic rings. The number of halogens is 1. The van der Waals surface area contributed by atoms with E-state index in [1.165, 1.54) is 11.3 Å². The standard InChI is InChI=1S/C20H17ClN4O4S/c21-12-1-3-13(4-2-12)23-19(27)25-20-24-15(11-30-20)10-18(26)22-14-5-6-16-17(9-14)29-8-7-28-16/h1-6,9,11H,7-8,10H2,(H,22,26)(H2,23,24,25,27). The van der Waals surface area contributed by atoms with Crippen molar-refractivity contribution in [2.24, 2.45) is 0 Å². The van der Waals surface area contributed by atoms with Gasteiger partial charge < -0.3 is 20.1 Å². The summed E-state index contributed by atoms with van der Waals surface area (Å²) in [6, 6.07) is 11.5. The van der Waals surface area contributed by atoms with Crippen molar-refractivity contribution in [1.29, 1.82) is 0 Å². The molecule has 2 aromatic carbocycles. The van der Waals surface area contributed by atoms with Crippen LogP contribution < -0.4 is 25.4 Å². The zero-order chi connectivity index (χ0) is 20.9. The Morgan fingerprint density at radius 1 is 0.967 bits per heavy atom. The second-order valence-electron chi connectivity index (χ2n) is 6.31. The van der Waals surface area contributed by atoms with Gasteiger partial charge in [0.05, 0.1) is 12.1 Å². The van der Waals surface area contributed by atoms with Crippen molar-refractivity contribution in [2.45, 2.75) is 6.42 Å². The Kier molecular flexibility index (Phi) is 6.01. The maximum atomic E-state index is 12.3. The molecule has 30 heavy (non-hydrogen) atoms. The number of amides is 3. The number of aromatic nitrogens is 1. The summed E-state index contributed by atoms with van der Waals surface area (Å²) in [6.45, 7) is 0.987. The Balaban J connectivity index is 1.30. The molecule has 1 aromatic heterocycles. The number of thiazole rings is 1. The molecule has 1 aliphatic heterocycles. The fraction of sp³-hybridized carbons (Fsp3) is 0.150. The quantitative estimate of drug-likeness (QED) is 0.541. The van der Waals surface area contributed by atoms with Gasteiger partial charge in [-0.2, -0.15) is 0 Å². The largest absolute Gasteiger partial charge is 0.486 e. The van der Waals surface area contributed by atoms with Gasteiger partial charge in [0, 0.05) is 27.8 Å². The summed E-state index contributed by atoms with van der Waals surface area (Å²) in [5.74, 6) is 1.03. The lowest BCUT2D eigenvalue weighted by Crippen LogP contribution is -2.19. The molecular weight excluding hydrogens is 428 g/mol. The van der Waals surface area contributed by atoms with E-state index >= 15 is 0 Å². The highest BCUT2D eigenvalue weighted by Gasteiger charge is 2.14. The van der Waals surface area contributed by atoms with Gasteiger partial charge in [-0.1, -0.05) is 11.6 Å². The summed E-state index contributed by atoms with van der Waals surface area (Å²) in [6.07, 6.45) is 0.0748. The van der Waals surface area contributed by atoms with Gasteiger partial charge in [0.1, 0.15) is 13.2 Å². The van der Waals surface area contributed by atoms with Crippen LogP contribution in [-0.4, -0.2) is 30.1 Å². The number of fused-ring (bicyclic) bond motifs is 1. The van der Waals surface area contributed by atoms with Crippen LogP contribution in [0, 0.1) is 0 Å². The van der Waals surface area contributed by atoms with Crippen LogP contribution in [0.15, 0.2) is 47.8 Å². The van der Waals surface area contributed by atoms with Gasteiger partial charge in [0.15, 0.2) is 16.6 Å². The summed E-state index contributed by atoms with van der Waals surface area (Å²) < 4.78 is 11.0. The first kappa shape index (κ1) is 20.0. The van der Waals surface area contributed by atoms with Crippen LogP contribution in [0.5, 0.6) is 11.5 Å². The number of hydrogen-bond acceptors (Lipinski definition) is 6. The lowest BCUT2D eigenvalue weighted by atomic mass is 10.2. The van der Waals surface area contributed by atoms with Gasteiger partial charge in [0.2, 0.25) is 5.91 Å². The van der Waals surface area contributed by atoms with Crippen molar-refractivity contribution in [2.75, 3.05) is 29.2 Å². The molecule has 3 N–H and O–H groups in total. The summed E-state index contributed by atoms with van der Waals surface area (Å²) in [5, 5.41) is 10.8. The van der Waals surface area contributed by atoms with E-state index in [2.05, 4.69) is 20.9 Å². The number of hydrogen-bond donors (Lipinski definition) is 3. The van der Waals surface area contributed by atoms with E-state index < -0.39 is 6.03 Å². The molecule has 154 valence electrons. The third-order valence-electron chi connectivity index (χ3n) is 4.04. The van der Waals surface area contributed by atoms with E-state index in [-0.39, 0.29) is 12.3 Å². The molecule has 0 radical (unpaired) electrons. The van der Waals surface area contributed by atoms with E-state index in [9.17, 15) is 9.59 Å². The highest BCUT2D eigenvalue weighted by molar-refractivity contribution is 7.14. The van der Waals surface area contributed by atoms with Crippen molar-refractivity contribution in [3.05, 3.63) is 58.6 Å². The molecule has 0 fully saturated rings. The third kappa shape index (κ3) is 5.19. The van der Waals surface area contributed by atoms with Gasteiger partial charge in [-0.25, -0.2) is 9.78 Å². The Morgan fingerprint density at radius 2 is 1.70 bits per heavy atom. The number of benzene rings is 2. The smallest absolute Gasteiger partial charge is 0.325 e. The number of anilines is 3. The highest BCUT2D eigenvalue weighted by atomic mass is 35.5. The third-order valence-corrected chi connectivity index (χ3v) is 5.10. The van der Waals surface area contributed by atoms with Crippen LogP contribution in [0.25, 0.3) is 0 Å². The maximum absolute atomic E-state index is 12.3. The number of rotatable bonds is 5. The van der Waals surface area contributed by atoms with Crippen molar-refractivity contribution in [1.82, 2.24) is 4.98 Å². The molecule has 4 rings (SSSR count). The lowest BCUT2D eigenvalue weighted by molar-refractivity contribution is -0.115. The first-order valence-corrected chi connectivity index (χ1v) is 10.3. The van der Waals surface area contributed by atoms with Crippen LogP contribution >= 0.6 is 22.9 Å². The van der Waals surface area contributed by atoms with Crippen molar-refractivity contribution >= 4 is 51.4 Å². The van der Waals surface area contributed by atoms with Crippen molar-refractivity contribution in [3.8, 4) is 11.5 Å². The molecule has 1 aliphatic rings. The number of urea groups is 1. The molecule has 8 nitrogen and oxygen atoms in total. The summed E-state index contributed by atoms with van der Waals surface area (Å²) in [7, 11) is 0. The van der Waals surface area contributed by atoms with E-state index in [0.717, 1.165) is 0 Å². The summed E-state index contributed by atoms with van der Waals surface area (Å²) in [5.41, 5.74) is 1.77. The molecule has 3 amide bonds. The van der Waals surface area contributed by atoms with Crippen LogP contribution in [0.1, 0.15) is 5.69 Å². The number of nitrogens with one attached hydrogen (secondary N) is 3. The Morgan fingerprint density at radius 3 is 2.50 bits per heavy atom. The average Bonchev–Trinajstić information content (AvgIpc) is 3.16. The number of ether oxygens (including phenoxy) is 2. The van der Waals surface area contributed by atoms with Crippen LogP contribution in [0.3, 0.4) is 0 Å². The maximum Gasteiger partial charge on any atom is 0.325 e. The SMILES string of the molecule is O=C(Cc1csc(NC(=O)Nc2ccc(Cl)cc2)n1)Nc1ccc2c(c1)OCCO2.